The summed E-state index contributed by atoms with van der Waals surface area (Å²) >= 11 is 6.33. The highest BCUT2D eigenvalue weighted by molar-refractivity contribution is 6.32. The standard InChI is InChI=1S/C24H30ClNO3/c1-24(2,3)29-23(27)26(16-17-9-6-5-7-10-17)20-12-8-11-18-14-21(25)22(28-4)15-19(18)13-20/h5-7,9-10,14-15,20H,8,11-13,16H2,1-4H3. The molecule has 0 heterocycles. The van der Waals surface area contributed by atoms with Crippen LogP contribution in [0.25, 0.3) is 0 Å². The van der Waals surface area contributed by atoms with E-state index >= 15 is 0 Å². The van der Waals surface area contributed by atoms with Gasteiger partial charge in [0.1, 0.15) is 11.4 Å². The molecule has 2 aromatic rings. The molecule has 156 valence electrons. The maximum absolute atomic E-state index is 13.1. The molecule has 0 aliphatic heterocycles. The van der Waals surface area contributed by atoms with E-state index in [4.69, 9.17) is 21.1 Å². The molecule has 4 nitrogen and oxygen atoms in total. The summed E-state index contributed by atoms with van der Waals surface area (Å²) in [5.74, 6) is 0.679. The van der Waals surface area contributed by atoms with Crippen LogP contribution in [0.4, 0.5) is 4.79 Å². The number of nitrogens with zero attached hydrogens (tertiary/aromatic N) is 1. The van der Waals surface area contributed by atoms with Gasteiger partial charge in [0.05, 0.1) is 12.1 Å². The Balaban J connectivity index is 1.90. The number of halogens is 1. The van der Waals surface area contributed by atoms with E-state index in [2.05, 4.69) is 0 Å². The van der Waals surface area contributed by atoms with Crippen molar-refractivity contribution in [1.29, 1.82) is 0 Å². The number of methoxy groups -OCH3 is 1. The minimum absolute atomic E-state index is 0.0530. The van der Waals surface area contributed by atoms with Gasteiger partial charge in [0.2, 0.25) is 0 Å². The fourth-order valence-electron chi connectivity index (χ4n) is 3.81. The lowest BCUT2D eigenvalue weighted by molar-refractivity contribution is 0.0130. The molecule has 0 bridgehead atoms. The van der Waals surface area contributed by atoms with Gasteiger partial charge in [0.15, 0.2) is 0 Å². The first-order chi connectivity index (χ1) is 13.8. The molecule has 3 rings (SSSR count). The number of ether oxygens (including phenoxy) is 2. The Morgan fingerprint density at radius 2 is 1.90 bits per heavy atom. The van der Waals surface area contributed by atoms with Crippen molar-refractivity contribution in [3.05, 3.63) is 64.2 Å². The molecule has 0 aromatic heterocycles. The summed E-state index contributed by atoms with van der Waals surface area (Å²) < 4.78 is 11.2. The molecule has 1 aliphatic carbocycles. The van der Waals surface area contributed by atoms with Crippen LogP contribution < -0.4 is 4.74 Å². The quantitative estimate of drug-likeness (QED) is 0.572. The van der Waals surface area contributed by atoms with Crippen molar-refractivity contribution in [3.63, 3.8) is 0 Å². The maximum atomic E-state index is 13.1. The number of aryl methyl sites for hydroxylation is 1. The summed E-state index contributed by atoms with van der Waals surface area (Å²) in [5, 5.41) is 0.637. The van der Waals surface area contributed by atoms with Gasteiger partial charge < -0.3 is 14.4 Å². The monoisotopic (exact) mass is 415 g/mol. The molecule has 0 saturated heterocycles. The number of carbonyl (C=O) groups excluding carboxylic acids is 1. The molecule has 0 spiro atoms. The molecule has 1 unspecified atom stereocenters. The van der Waals surface area contributed by atoms with Crippen LogP contribution in [0.15, 0.2) is 42.5 Å². The molecular weight excluding hydrogens is 386 g/mol. The zero-order valence-corrected chi connectivity index (χ0v) is 18.5. The second-order valence-electron chi connectivity index (χ2n) is 8.60. The van der Waals surface area contributed by atoms with Crippen LogP contribution in [0.5, 0.6) is 5.75 Å². The zero-order valence-electron chi connectivity index (χ0n) is 17.7. The van der Waals surface area contributed by atoms with Gasteiger partial charge in [-0.15, -0.1) is 0 Å². The van der Waals surface area contributed by atoms with E-state index in [1.165, 1.54) is 11.1 Å². The Hall–Kier alpha value is -2.20. The van der Waals surface area contributed by atoms with E-state index in [0.29, 0.717) is 17.3 Å². The first-order valence-electron chi connectivity index (χ1n) is 10.2. The van der Waals surface area contributed by atoms with Gasteiger partial charge in [-0.3, -0.25) is 0 Å². The number of rotatable bonds is 4. The van der Waals surface area contributed by atoms with Gasteiger partial charge in [-0.25, -0.2) is 4.79 Å². The van der Waals surface area contributed by atoms with Crippen LogP contribution in [-0.4, -0.2) is 29.7 Å². The zero-order chi connectivity index (χ0) is 21.0. The van der Waals surface area contributed by atoms with Gasteiger partial charge in [-0.2, -0.15) is 0 Å². The van der Waals surface area contributed by atoms with Gasteiger partial charge in [-0.05, 0) is 75.3 Å². The fraction of sp³-hybridized carbons (Fsp3) is 0.458. The first-order valence-corrected chi connectivity index (χ1v) is 10.5. The minimum atomic E-state index is -0.536. The van der Waals surface area contributed by atoms with Crippen molar-refractivity contribution in [2.45, 2.75) is 64.6 Å². The molecule has 2 aromatic carbocycles. The normalized spacial score (nSPS) is 16.5. The van der Waals surface area contributed by atoms with Gasteiger partial charge >= 0.3 is 6.09 Å². The summed E-state index contributed by atoms with van der Waals surface area (Å²) in [6.45, 7) is 6.24. The third-order valence-corrected chi connectivity index (χ3v) is 5.47. The van der Waals surface area contributed by atoms with Crippen LogP contribution in [0, 0.1) is 0 Å². The predicted octanol–water partition coefficient (Wildman–Crippen LogP) is 6.03. The van der Waals surface area contributed by atoms with E-state index in [0.717, 1.165) is 31.2 Å². The third-order valence-electron chi connectivity index (χ3n) is 5.18. The van der Waals surface area contributed by atoms with Crippen LogP contribution in [0.2, 0.25) is 5.02 Å². The predicted molar refractivity (Wildman–Crippen MR) is 117 cm³/mol. The van der Waals surface area contributed by atoms with Crippen molar-refractivity contribution in [2.75, 3.05) is 7.11 Å². The van der Waals surface area contributed by atoms with Crippen molar-refractivity contribution < 1.29 is 14.3 Å². The molecule has 29 heavy (non-hydrogen) atoms. The summed E-state index contributed by atoms with van der Waals surface area (Å²) in [5.41, 5.74) is 2.99. The van der Waals surface area contributed by atoms with E-state index in [1.54, 1.807) is 7.11 Å². The van der Waals surface area contributed by atoms with Crippen LogP contribution >= 0.6 is 11.6 Å². The van der Waals surface area contributed by atoms with Crippen molar-refractivity contribution >= 4 is 17.7 Å². The molecule has 5 heteroatoms. The smallest absolute Gasteiger partial charge is 0.410 e. The second kappa shape index (κ2) is 9.08. The minimum Gasteiger partial charge on any atom is -0.495 e. The van der Waals surface area contributed by atoms with Gasteiger partial charge in [0, 0.05) is 12.6 Å². The Kier molecular flexibility index (Phi) is 6.74. The highest BCUT2D eigenvalue weighted by Gasteiger charge is 2.30. The summed E-state index contributed by atoms with van der Waals surface area (Å²) in [6, 6.07) is 14.2. The summed E-state index contributed by atoms with van der Waals surface area (Å²) in [6.07, 6.45) is 3.35. The lowest BCUT2D eigenvalue weighted by atomic mass is 10.00. The number of hydrogen-bond acceptors (Lipinski definition) is 3. The number of fused-ring (bicyclic) bond motifs is 1. The van der Waals surface area contributed by atoms with Gasteiger partial charge in [0.25, 0.3) is 0 Å². The first kappa shape index (κ1) is 21.5. The van der Waals surface area contributed by atoms with E-state index in [1.807, 2.05) is 68.1 Å². The highest BCUT2D eigenvalue weighted by Crippen LogP contribution is 2.33. The lowest BCUT2D eigenvalue weighted by Crippen LogP contribution is -2.43. The SMILES string of the molecule is COc1cc2c(cc1Cl)CCCC(N(Cc1ccccc1)C(=O)OC(C)(C)C)C2. The Labute approximate surface area is 178 Å². The van der Waals surface area contributed by atoms with Crippen LogP contribution in [0.1, 0.15) is 50.3 Å². The van der Waals surface area contributed by atoms with E-state index in [9.17, 15) is 4.79 Å². The van der Waals surface area contributed by atoms with E-state index in [-0.39, 0.29) is 12.1 Å². The Morgan fingerprint density at radius 3 is 2.55 bits per heavy atom. The summed E-state index contributed by atoms with van der Waals surface area (Å²) in [4.78, 5) is 15.0. The van der Waals surface area contributed by atoms with Crippen molar-refractivity contribution in [3.8, 4) is 5.75 Å². The van der Waals surface area contributed by atoms with Crippen LogP contribution in [0.3, 0.4) is 0 Å². The molecular formula is C24H30ClNO3. The van der Waals surface area contributed by atoms with E-state index < -0.39 is 5.60 Å². The largest absolute Gasteiger partial charge is 0.495 e. The average molecular weight is 416 g/mol. The van der Waals surface area contributed by atoms with Crippen molar-refractivity contribution in [1.82, 2.24) is 4.90 Å². The maximum Gasteiger partial charge on any atom is 0.410 e. The molecule has 1 atom stereocenters. The molecule has 0 saturated carbocycles. The number of amides is 1. The molecule has 0 radical (unpaired) electrons. The topological polar surface area (TPSA) is 38.8 Å². The average Bonchev–Trinajstić information content (AvgIpc) is 2.86. The third kappa shape index (κ3) is 5.66. The fourth-order valence-corrected chi connectivity index (χ4v) is 4.07. The van der Waals surface area contributed by atoms with Crippen molar-refractivity contribution in [2.24, 2.45) is 0 Å². The molecule has 0 N–H and O–H groups in total. The van der Waals surface area contributed by atoms with Crippen LogP contribution in [-0.2, 0) is 24.1 Å². The van der Waals surface area contributed by atoms with Gasteiger partial charge in [-0.1, -0.05) is 41.9 Å². The lowest BCUT2D eigenvalue weighted by Gasteiger charge is -2.33. The number of hydrogen-bond donors (Lipinski definition) is 0. The second-order valence-corrected chi connectivity index (χ2v) is 9.01. The Morgan fingerprint density at radius 1 is 1.17 bits per heavy atom. The highest BCUT2D eigenvalue weighted by atomic mass is 35.5. The molecule has 1 aliphatic rings. The Bertz CT molecular complexity index is 845. The molecule has 0 fully saturated rings. The number of carbonyl (C=O) groups is 1. The number of benzene rings is 2. The summed E-state index contributed by atoms with van der Waals surface area (Å²) in [7, 11) is 1.63. The molecule has 1 amide bonds.